The quantitative estimate of drug-likeness (QED) is 0.312. The van der Waals surface area contributed by atoms with Crippen molar-refractivity contribution in [3.05, 3.63) is 82.4 Å². The van der Waals surface area contributed by atoms with Gasteiger partial charge in [0.1, 0.15) is 11.4 Å². The molecule has 4 aromatic rings. The number of hydrogen-bond acceptors (Lipinski definition) is 3. The van der Waals surface area contributed by atoms with Crippen LogP contribution < -0.4 is 4.74 Å². The lowest BCUT2D eigenvalue weighted by Gasteiger charge is -2.36. The number of nitrogens with zero attached hydrogens (tertiary/aromatic N) is 2. The van der Waals surface area contributed by atoms with E-state index < -0.39 is 0 Å². The molecule has 6 rings (SSSR count). The summed E-state index contributed by atoms with van der Waals surface area (Å²) < 4.78 is 6.64. The molecule has 0 saturated carbocycles. The van der Waals surface area contributed by atoms with E-state index in [1.165, 1.54) is 49.6 Å². The average molecular weight is 508 g/mol. The van der Waals surface area contributed by atoms with Crippen LogP contribution in [0.4, 0.5) is 0 Å². The summed E-state index contributed by atoms with van der Waals surface area (Å²) in [7, 11) is 0. The van der Waals surface area contributed by atoms with Gasteiger partial charge in [-0.1, -0.05) is 56.7 Å². The van der Waals surface area contributed by atoms with Gasteiger partial charge in [0.05, 0.1) is 5.52 Å². The van der Waals surface area contributed by atoms with Gasteiger partial charge < -0.3 is 9.72 Å². The van der Waals surface area contributed by atoms with E-state index in [1.54, 1.807) is 0 Å². The van der Waals surface area contributed by atoms with Crippen LogP contribution in [0.5, 0.6) is 5.75 Å². The Kier molecular flexibility index (Phi) is 6.16. The molecule has 3 aromatic carbocycles. The van der Waals surface area contributed by atoms with Crippen molar-refractivity contribution in [3.63, 3.8) is 0 Å². The second kappa shape index (κ2) is 9.29. The van der Waals surface area contributed by atoms with E-state index in [0.29, 0.717) is 0 Å². The molecule has 4 nitrogen and oxygen atoms in total. The fourth-order valence-corrected chi connectivity index (χ4v) is 5.84. The van der Waals surface area contributed by atoms with Crippen LogP contribution >= 0.6 is 0 Å². The zero-order valence-corrected chi connectivity index (χ0v) is 23.8. The van der Waals surface area contributed by atoms with E-state index in [9.17, 15) is 0 Å². The Bertz CT molecular complexity index is 1510. The molecule has 3 heterocycles. The Hall–Kier alpha value is -3.08. The molecule has 0 atom stereocenters. The molecular weight excluding hydrogens is 466 g/mol. The van der Waals surface area contributed by atoms with Crippen LogP contribution in [0.3, 0.4) is 0 Å². The predicted molar refractivity (Wildman–Crippen MR) is 160 cm³/mol. The van der Waals surface area contributed by atoms with E-state index in [2.05, 4.69) is 117 Å². The fraction of sp³-hybridized carbons (Fsp3) is 0.412. The van der Waals surface area contributed by atoms with Crippen molar-refractivity contribution in [2.75, 3.05) is 26.2 Å². The summed E-state index contributed by atoms with van der Waals surface area (Å²) in [6.07, 6.45) is 4.46. The number of hydrogen-bond donors (Lipinski definition) is 1. The minimum atomic E-state index is -0.312. The van der Waals surface area contributed by atoms with Crippen LogP contribution in [0, 0.1) is 6.92 Å². The highest BCUT2D eigenvalue weighted by atomic mass is 16.5. The number of aromatic amines is 1. The third-order valence-electron chi connectivity index (χ3n) is 8.23. The van der Waals surface area contributed by atoms with Gasteiger partial charge in [0.25, 0.3) is 0 Å². The zero-order chi connectivity index (χ0) is 26.7. The van der Waals surface area contributed by atoms with Crippen molar-refractivity contribution < 1.29 is 4.74 Å². The molecule has 2 aliphatic rings. The van der Waals surface area contributed by atoms with E-state index in [-0.39, 0.29) is 11.0 Å². The van der Waals surface area contributed by atoms with Crippen molar-refractivity contribution in [1.82, 2.24) is 14.8 Å². The van der Waals surface area contributed by atoms with Crippen LogP contribution in [-0.2, 0) is 18.5 Å². The van der Waals surface area contributed by atoms with Gasteiger partial charge in [0, 0.05) is 66.7 Å². The van der Waals surface area contributed by atoms with Crippen LogP contribution in [0.2, 0.25) is 0 Å². The van der Waals surface area contributed by atoms with Gasteiger partial charge in [-0.15, -0.1) is 0 Å². The number of aryl methyl sites for hydroxylation is 1. The van der Waals surface area contributed by atoms with Gasteiger partial charge in [-0.3, -0.25) is 9.80 Å². The van der Waals surface area contributed by atoms with Gasteiger partial charge in [-0.2, -0.15) is 0 Å². The molecule has 0 unspecified atom stereocenters. The number of ether oxygens (including phenoxy) is 1. The van der Waals surface area contributed by atoms with Gasteiger partial charge in [-0.25, -0.2) is 0 Å². The van der Waals surface area contributed by atoms with Crippen molar-refractivity contribution in [2.45, 2.75) is 65.6 Å². The molecule has 0 amide bonds. The predicted octanol–water partition coefficient (Wildman–Crippen LogP) is 7.43. The van der Waals surface area contributed by atoms with Gasteiger partial charge in [0.2, 0.25) is 0 Å². The van der Waals surface area contributed by atoms with E-state index >= 15 is 0 Å². The molecule has 198 valence electrons. The first-order chi connectivity index (χ1) is 18.1. The lowest BCUT2D eigenvalue weighted by molar-refractivity contribution is 0.117. The number of aromatic nitrogens is 1. The third kappa shape index (κ3) is 4.88. The maximum absolute atomic E-state index is 6.64. The lowest BCUT2D eigenvalue weighted by atomic mass is 9.86. The van der Waals surface area contributed by atoms with Crippen LogP contribution in [-0.4, -0.2) is 46.6 Å². The first kappa shape index (κ1) is 25.2. The van der Waals surface area contributed by atoms with Crippen LogP contribution in [0.25, 0.3) is 27.9 Å². The number of piperazine rings is 1. The summed E-state index contributed by atoms with van der Waals surface area (Å²) in [4.78, 5) is 8.90. The SMILES string of the molecule is Cc1ccc(CN2CCN(Cc3cc4c([nH]c5ccc(C(C)(C)C)cc54)c4c3OC(C)(C)C=C4)CC2)cc1. The molecule has 0 bridgehead atoms. The largest absolute Gasteiger partial charge is 0.483 e. The van der Waals surface area contributed by atoms with Crippen molar-refractivity contribution >= 4 is 27.9 Å². The summed E-state index contributed by atoms with van der Waals surface area (Å²) in [5, 5.41) is 2.60. The minimum absolute atomic E-state index is 0.111. The number of rotatable bonds is 4. The maximum atomic E-state index is 6.64. The highest BCUT2D eigenvalue weighted by molar-refractivity contribution is 6.11. The Balaban J connectivity index is 1.31. The molecule has 1 fully saturated rings. The second-order valence-corrected chi connectivity index (χ2v) is 12.9. The minimum Gasteiger partial charge on any atom is -0.483 e. The maximum Gasteiger partial charge on any atom is 0.134 e. The first-order valence-corrected chi connectivity index (χ1v) is 14.1. The summed E-state index contributed by atoms with van der Waals surface area (Å²) in [6.45, 7) is 19.6. The summed E-state index contributed by atoms with van der Waals surface area (Å²) >= 11 is 0. The average Bonchev–Trinajstić information content (AvgIpc) is 3.23. The standard InChI is InChI=1S/C34H41N3O/c1-23-7-9-24(10-8-23)21-36-15-17-37(18-16-36)22-25-19-29-28-20-26(33(2,3)4)11-12-30(28)35-31(29)27-13-14-34(5,6)38-32(25)27/h7-14,19-20,35H,15-18,21-22H2,1-6H3. The van der Waals surface area contributed by atoms with Gasteiger partial charge in [0.15, 0.2) is 0 Å². The highest BCUT2D eigenvalue weighted by Crippen LogP contribution is 2.42. The normalized spacial score (nSPS) is 18.2. The molecule has 2 aliphatic heterocycles. The molecule has 38 heavy (non-hydrogen) atoms. The topological polar surface area (TPSA) is 31.5 Å². The highest BCUT2D eigenvalue weighted by Gasteiger charge is 2.28. The molecular formula is C34H41N3O. The monoisotopic (exact) mass is 507 g/mol. The molecule has 0 radical (unpaired) electrons. The Morgan fingerprint density at radius 1 is 0.868 bits per heavy atom. The van der Waals surface area contributed by atoms with Crippen molar-refractivity contribution in [1.29, 1.82) is 0 Å². The van der Waals surface area contributed by atoms with Crippen molar-refractivity contribution in [2.24, 2.45) is 0 Å². The lowest BCUT2D eigenvalue weighted by Crippen LogP contribution is -2.45. The summed E-state index contributed by atoms with van der Waals surface area (Å²) in [5.74, 6) is 1.04. The van der Waals surface area contributed by atoms with Crippen LogP contribution in [0.15, 0.2) is 54.6 Å². The van der Waals surface area contributed by atoms with E-state index in [4.69, 9.17) is 4.74 Å². The molecule has 0 spiro atoms. The van der Waals surface area contributed by atoms with Crippen LogP contribution in [0.1, 0.15) is 62.4 Å². The molecule has 0 aliphatic carbocycles. The van der Waals surface area contributed by atoms with Gasteiger partial charge >= 0.3 is 0 Å². The zero-order valence-electron chi connectivity index (χ0n) is 23.8. The van der Waals surface area contributed by atoms with E-state index in [1.807, 2.05) is 0 Å². The Morgan fingerprint density at radius 2 is 1.55 bits per heavy atom. The summed E-state index contributed by atoms with van der Waals surface area (Å²) in [6, 6.07) is 18.2. The Morgan fingerprint density at radius 3 is 2.24 bits per heavy atom. The number of benzene rings is 3. The number of fused-ring (bicyclic) bond motifs is 5. The molecule has 1 saturated heterocycles. The summed E-state index contributed by atoms with van der Waals surface area (Å²) in [5.41, 5.74) is 8.73. The Labute approximate surface area is 227 Å². The number of H-pyrrole nitrogens is 1. The molecule has 1 N–H and O–H groups in total. The first-order valence-electron chi connectivity index (χ1n) is 14.1. The number of nitrogens with one attached hydrogen (secondary N) is 1. The molecule has 4 heteroatoms. The third-order valence-corrected chi connectivity index (χ3v) is 8.23. The smallest absolute Gasteiger partial charge is 0.134 e. The van der Waals surface area contributed by atoms with Gasteiger partial charge in [-0.05, 0) is 67.7 Å². The fourth-order valence-electron chi connectivity index (χ4n) is 5.84. The molecule has 1 aromatic heterocycles. The second-order valence-electron chi connectivity index (χ2n) is 12.9. The van der Waals surface area contributed by atoms with E-state index in [0.717, 1.165) is 45.0 Å². The van der Waals surface area contributed by atoms with Crippen molar-refractivity contribution in [3.8, 4) is 5.75 Å².